The Labute approximate surface area is 95.6 Å². The summed E-state index contributed by atoms with van der Waals surface area (Å²) >= 11 is 1.87. The SMILES string of the molecule is COCC(C)(C)C1NCCc2ccsc21. The van der Waals surface area contributed by atoms with Crippen LogP contribution in [0.5, 0.6) is 0 Å². The molecule has 1 unspecified atom stereocenters. The summed E-state index contributed by atoms with van der Waals surface area (Å²) in [6.07, 6.45) is 1.17. The van der Waals surface area contributed by atoms with Crippen LogP contribution in [-0.4, -0.2) is 20.3 Å². The molecule has 0 saturated carbocycles. The summed E-state index contributed by atoms with van der Waals surface area (Å²) in [7, 11) is 1.78. The van der Waals surface area contributed by atoms with Gasteiger partial charge in [-0.2, -0.15) is 0 Å². The molecule has 0 fully saturated rings. The molecule has 2 heterocycles. The van der Waals surface area contributed by atoms with E-state index in [-0.39, 0.29) is 5.41 Å². The lowest BCUT2D eigenvalue weighted by Crippen LogP contribution is -2.40. The number of nitrogens with one attached hydrogen (secondary N) is 1. The first-order valence-corrected chi connectivity index (χ1v) is 6.32. The van der Waals surface area contributed by atoms with Crippen molar-refractivity contribution in [3.8, 4) is 0 Å². The van der Waals surface area contributed by atoms with E-state index in [0.717, 1.165) is 13.2 Å². The first-order chi connectivity index (χ1) is 7.15. The van der Waals surface area contributed by atoms with Gasteiger partial charge in [-0.1, -0.05) is 13.8 Å². The molecule has 1 aliphatic rings. The van der Waals surface area contributed by atoms with Gasteiger partial charge < -0.3 is 10.1 Å². The van der Waals surface area contributed by atoms with Gasteiger partial charge in [0, 0.05) is 23.4 Å². The second kappa shape index (κ2) is 4.24. The highest BCUT2D eigenvalue weighted by atomic mass is 32.1. The first kappa shape index (κ1) is 11.1. The second-order valence-electron chi connectivity index (χ2n) is 4.87. The van der Waals surface area contributed by atoms with Gasteiger partial charge in [0.25, 0.3) is 0 Å². The van der Waals surface area contributed by atoms with E-state index in [1.54, 1.807) is 7.11 Å². The minimum Gasteiger partial charge on any atom is -0.384 e. The maximum absolute atomic E-state index is 5.32. The van der Waals surface area contributed by atoms with E-state index in [9.17, 15) is 0 Å². The quantitative estimate of drug-likeness (QED) is 0.854. The normalized spacial score (nSPS) is 21.4. The predicted octanol–water partition coefficient (Wildman–Crippen LogP) is 2.61. The van der Waals surface area contributed by atoms with E-state index in [1.165, 1.54) is 16.9 Å². The number of thiophene rings is 1. The molecule has 0 amide bonds. The van der Waals surface area contributed by atoms with E-state index >= 15 is 0 Å². The largest absolute Gasteiger partial charge is 0.384 e. The summed E-state index contributed by atoms with van der Waals surface area (Å²) in [5.41, 5.74) is 1.68. The maximum atomic E-state index is 5.32. The molecule has 84 valence electrons. The van der Waals surface area contributed by atoms with Crippen molar-refractivity contribution < 1.29 is 4.74 Å². The summed E-state index contributed by atoms with van der Waals surface area (Å²) in [5.74, 6) is 0. The molecule has 15 heavy (non-hydrogen) atoms. The Bertz CT molecular complexity index is 332. The zero-order chi connectivity index (χ0) is 10.9. The second-order valence-corrected chi connectivity index (χ2v) is 5.82. The third-order valence-electron chi connectivity index (χ3n) is 3.08. The molecule has 1 atom stereocenters. The van der Waals surface area contributed by atoms with Crippen molar-refractivity contribution >= 4 is 11.3 Å². The van der Waals surface area contributed by atoms with Crippen LogP contribution in [0, 0.1) is 5.41 Å². The predicted molar refractivity (Wildman–Crippen MR) is 64.4 cm³/mol. The molecule has 0 saturated heterocycles. The average Bonchev–Trinajstić information content (AvgIpc) is 2.64. The summed E-state index contributed by atoms with van der Waals surface area (Å²) in [5, 5.41) is 5.82. The van der Waals surface area contributed by atoms with Gasteiger partial charge in [-0.05, 0) is 30.0 Å². The minimum absolute atomic E-state index is 0.161. The Balaban J connectivity index is 2.25. The van der Waals surface area contributed by atoms with Gasteiger partial charge in [-0.3, -0.25) is 0 Å². The Morgan fingerprint density at radius 1 is 1.60 bits per heavy atom. The molecule has 3 heteroatoms. The lowest BCUT2D eigenvalue weighted by molar-refractivity contribution is 0.0734. The van der Waals surface area contributed by atoms with Crippen molar-refractivity contribution in [2.45, 2.75) is 26.3 Å². The zero-order valence-corrected chi connectivity index (χ0v) is 10.5. The van der Waals surface area contributed by atoms with E-state index in [4.69, 9.17) is 4.74 Å². The molecule has 0 aromatic carbocycles. The first-order valence-electron chi connectivity index (χ1n) is 5.44. The molecule has 1 aromatic rings. The summed E-state index contributed by atoms with van der Waals surface area (Å²) in [6.45, 7) is 6.41. The maximum Gasteiger partial charge on any atom is 0.0531 e. The van der Waals surface area contributed by atoms with Crippen LogP contribution in [0.3, 0.4) is 0 Å². The highest BCUT2D eigenvalue weighted by molar-refractivity contribution is 7.10. The van der Waals surface area contributed by atoms with E-state index in [0.29, 0.717) is 6.04 Å². The zero-order valence-electron chi connectivity index (χ0n) is 9.67. The van der Waals surface area contributed by atoms with Crippen LogP contribution < -0.4 is 5.32 Å². The fraction of sp³-hybridized carbons (Fsp3) is 0.667. The average molecular weight is 225 g/mol. The number of methoxy groups -OCH3 is 1. The lowest BCUT2D eigenvalue weighted by atomic mass is 9.81. The van der Waals surface area contributed by atoms with Crippen LogP contribution in [-0.2, 0) is 11.2 Å². The van der Waals surface area contributed by atoms with Gasteiger partial charge >= 0.3 is 0 Å². The molecule has 0 spiro atoms. The van der Waals surface area contributed by atoms with Crippen molar-refractivity contribution in [1.29, 1.82) is 0 Å². The molecule has 0 radical (unpaired) electrons. The Morgan fingerprint density at radius 3 is 3.13 bits per heavy atom. The molecular weight excluding hydrogens is 206 g/mol. The van der Waals surface area contributed by atoms with Gasteiger partial charge in [-0.15, -0.1) is 11.3 Å². The number of hydrogen-bond donors (Lipinski definition) is 1. The molecule has 2 nitrogen and oxygen atoms in total. The number of hydrogen-bond acceptors (Lipinski definition) is 3. The lowest BCUT2D eigenvalue weighted by Gasteiger charge is -2.37. The summed E-state index contributed by atoms with van der Waals surface area (Å²) < 4.78 is 5.32. The molecule has 1 aliphatic heterocycles. The smallest absolute Gasteiger partial charge is 0.0531 e. The van der Waals surface area contributed by atoms with Crippen LogP contribution in [0.2, 0.25) is 0 Å². The van der Waals surface area contributed by atoms with Crippen LogP contribution in [0.15, 0.2) is 11.4 Å². The van der Waals surface area contributed by atoms with E-state index < -0.39 is 0 Å². The topological polar surface area (TPSA) is 21.3 Å². The van der Waals surface area contributed by atoms with Crippen molar-refractivity contribution in [3.05, 3.63) is 21.9 Å². The highest BCUT2D eigenvalue weighted by Gasteiger charge is 2.34. The fourth-order valence-electron chi connectivity index (χ4n) is 2.34. The Kier molecular flexibility index (Phi) is 3.14. The highest BCUT2D eigenvalue weighted by Crippen LogP contribution is 2.39. The van der Waals surface area contributed by atoms with Gasteiger partial charge in [-0.25, -0.2) is 0 Å². The molecule has 0 bridgehead atoms. The van der Waals surface area contributed by atoms with Gasteiger partial charge in [0.1, 0.15) is 0 Å². The fourth-order valence-corrected chi connectivity index (χ4v) is 3.58. The van der Waals surface area contributed by atoms with E-state index in [1.807, 2.05) is 11.3 Å². The number of rotatable bonds is 3. The summed E-state index contributed by atoms with van der Waals surface area (Å²) in [4.78, 5) is 1.50. The molecule has 1 N–H and O–H groups in total. The number of ether oxygens (including phenoxy) is 1. The molecule has 0 aliphatic carbocycles. The standard InChI is InChI=1S/C12H19NOS/c1-12(2,8-14-3)11-10-9(4-6-13-11)5-7-15-10/h5,7,11,13H,4,6,8H2,1-3H3. The molecule has 2 rings (SSSR count). The van der Waals surface area contributed by atoms with Crippen LogP contribution >= 0.6 is 11.3 Å². The monoisotopic (exact) mass is 225 g/mol. The molecule has 1 aromatic heterocycles. The van der Waals surface area contributed by atoms with Crippen molar-refractivity contribution in [1.82, 2.24) is 5.32 Å². The molecular formula is C12H19NOS. The van der Waals surface area contributed by atoms with Crippen molar-refractivity contribution in [2.24, 2.45) is 5.41 Å². The van der Waals surface area contributed by atoms with Crippen molar-refractivity contribution in [2.75, 3.05) is 20.3 Å². The van der Waals surface area contributed by atoms with Crippen LogP contribution in [0.25, 0.3) is 0 Å². The van der Waals surface area contributed by atoms with E-state index in [2.05, 4.69) is 30.6 Å². The van der Waals surface area contributed by atoms with Gasteiger partial charge in [0.2, 0.25) is 0 Å². The van der Waals surface area contributed by atoms with Crippen LogP contribution in [0.1, 0.15) is 30.3 Å². The van der Waals surface area contributed by atoms with Crippen LogP contribution in [0.4, 0.5) is 0 Å². The third kappa shape index (κ3) is 2.10. The minimum atomic E-state index is 0.161. The van der Waals surface area contributed by atoms with Crippen molar-refractivity contribution in [3.63, 3.8) is 0 Å². The Hall–Kier alpha value is -0.380. The summed E-state index contributed by atoms with van der Waals surface area (Å²) in [6, 6.07) is 2.71. The van der Waals surface area contributed by atoms with Gasteiger partial charge in [0.15, 0.2) is 0 Å². The van der Waals surface area contributed by atoms with Gasteiger partial charge in [0.05, 0.1) is 6.61 Å². The number of fused-ring (bicyclic) bond motifs is 1. The third-order valence-corrected chi connectivity index (χ3v) is 4.11. The Morgan fingerprint density at radius 2 is 2.40 bits per heavy atom.